The van der Waals surface area contributed by atoms with Gasteiger partial charge in [0.05, 0.1) is 10.6 Å². The Morgan fingerprint density at radius 1 is 1.47 bits per heavy atom. The lowest BCUT2D eigenvalue weighted by molar-refractivity contribution is 0.0716. The van der Waals surface area contributed by atoms with E-state index >= 15 is 0 Å². The van der Waals surface area contributed by atoms with Gasteiger partial charge in [0.25, 0.3) is 5.91 Å². The molecule has 1 aliphatic heterocycles. The van der Waals surface area contributed by atoms with Crippen LogP contribution in [-0.4, -0.2) is 44.1 Å². The van der Waals surface area contributed by atoms with Gasteiger partial charge >= 0.3 is 0 Å². The number of nitrogens with zero attached hydrogens (tertiary/aromatic N) is 1. The van der Waals surface area contributed by atoms with Crippen molar-refractivity contribution >= 4 is 27.3 Å². The molecule has 0 bridgehead atoms. The minimum Gasteiger partial charge on any atom is -0.338 e. The number of nitrogens with one attached hydrogen (secondary N) is 1. The second-order valence-corrected chi connectivity index (χ2v) is 7.56. The number of carbonyl (C=O) groups excluding carboxylic acids is 1. The smallest absolute Gasteiger partial charge is 0.263 e. The molecule has 1 amide bonds. The van der Waals surface area contributed by atoms with Gasteiger partial charge in [-0.05, 0) is 31.2 Å². The molecule has 0 unspecified atom stereocenters. The fraction of sp³-hybridized carbons (Fsp3) is 0.583. The van der Waals surface area contributed by atoms with E-state index < -0.39 is 10.0 Å². The number of sulfonamides is 1. The summed E-state index contributed by atoms with van der Waals surface area (Å²) in [7, 11) is -3.15. The first-order valence-electron chi connectivity index (χ1n) is 6.34. The third-order valence-electron chi connectivity index (χ3n) is 3.24. The Morgan fingerprint density at radius 2 is 2.16 bits per heavy atom. The van der Waals surface area contributed by atoms with E-state index in [1.807, 2.05) is 17.5 Å². The summed E-state index contributed by atoms with van der Waals surface area (Å²) >= 11 is 1.44. The summed E-state index contributed by atoms with van der Waals surface area (Å²) in [4.78, 5) is 14.6. The van der Waals surface area contributed by atoms with Crippen LogP contribution in [0.5, 0.6) is 0 Å². The maximum Gasteiger partial charge on any atom is 0.263 e. The van der Waals surface area contributed by atoms with Gasteiger partial charge in [0, 0.05) is 19.1 Å². The molecule has 106 valence electrons. The molecule has 5 nitrogen and oxygen atoms in total. The molecule has 7 heteroatoms. The molecule has 2 heterocycles. The first-order valence-corrected chi connectivity index (χ1v) is 8.88. The van der Waals surface area contributed by atoms with Crippen LogP contribution < -0.4 is 4.72 Å². The van der Waals surface area contributed by atoms with Crippen LogP contribution in [0.15, 0.2) is 17.5 Å². The van der Waals surface area contributed by atoms with Crippen molar-refractivity contribution < 1.29 is 13.2 Å². The summed E-state index contributed by atoms with van der Waals surface area (Å²) in [5.74, 6) is 0.147. The molecule has 0 aliphatic carbocycles. The highest BCUT2D eigenvalue weighted by atomic mass is 32.2. The van der Waals surface area contributed by atoms with Crippen molar-refractivity contribution in [3.63, 3.8) is 0 Å². The Morgan fingerprint density at radius 3 is 2.68 bits per heavy atom. The average molecular weight is 302 g/mol. The number of carbonyl (C=O) groups is 1. The Bertz CT molecular complexity index is 517. The van der Waals surface area contributed by atoms with Crippen molar-refractivity contribution in [3.05, 3.63) is 22.4 Å². The number of rotatable bonds is 4. The van der Waals surface area contributed by atoms with E-state index in [1.54, 1.807) is 11.8 Å². The molecular formula is C12H18N2O3S2. The van der Waals surface area contributed by atoms with Crippen LogP contribution in [0, 0.1) is 0 Å². The van der Waals surface area contributed by atoms with Crippen LogP contribution >= 0.6 is 11.3 Å². The summed E-state index contributed by atoms with van der Waals surface area (Å²) in [6, 6.07) is 3.64. The van der Waals surface area contributed by atoms with E-state index in [0.717, 1.165) is 4.88 Å². The Kier molecular flexibility index (Phi) is 4.59. The Balaban J connectivity index is 1.88. The second-order valence-electron chi connectivity index (χ2n) is 4.57. The molecule has 1 N–H and O–H groups in total. The number of hydrogen-bond donors (Lipinski definition) is 1. The van der Waals surface area contributed by atoms with Crippen LogP contribution in [0.25, 0.3) is 0 Å². The minimum absolute atomic E-state index is 0.0441. The third kappa shape index (κ3) is 3.77. The van der Waals surface area contributed by atoms with E-state index in [1.165, 1.54) is 11.3 Å². The zero-order chi connectivity index (χ0) is 13.9. The molecule has 0 atom stereocenters. The fourth-order valence-electron chi connectivity index (χ4n) is 2.09. The predicted octanol–water partition coefficient (Wildman–Crippen LogP) is 1.29. The highest BCUT2D eigenvalue weighted by molar-refractivity contribution is 7.89. The van der Waals surface area contributed by atoms with Crippen LogP contribution in [0.4, 0.5) is 0 Å². The molecule has 0 spiro atoms. The van der Waals surface area contributed by atoms with Gasteiger partial charge in [-0.15, -0.1) is 11.3 Å². The Labute approximate surface area is 117 Å². The average Bonchev–Trinajstić information content (AvgIpc) is 2.92. The van der Waals surface area contributed by atoms with Crippen LogP contribution in [0.3, 0.4) is 0 Å². The van der Waals surface area contributed by atoms with Gasteiger partial charge in [-0.2, -0.15) is 0 Å². The van der Waals surface area contributed by atoms with Crippen LogP contribution in [-0.2, 0) is 10.0 Å². The highest BCUT2D eigenvalue weighted by Crippen LogP contribution is 2.17. The molecule has 0 saturated carbocycles. The van der Waals surface area contributed by atoms with Gasteiger partial charge < -0.3 is 4.90 Å². The van der Waals surface area contributed by atoms with E-state index in [4.69, 9.17) is 0 Å². The van der Waals surface area contributed by atoms with Crippen molar-refractivity contribution in [3.8, 4) is 0 Å². The maximum atomic E-state index is 12.1. The largest absolute Gasteiger partial charge is 0.338 e. The third-order valence-corrected chi connectivity index (χ3v) is 5.55. The van der Waals surface area contributed by atoms with Gasteiger partial charge in [0.1, 0.15) is 0 Å². The zero-order valence-electron chi connectivity index (χ0n) is 10.8. The van der Waals surface area contributed by atoms with E-state index in [0.29, 0.717) is 25.9 Å². The van der Waals surface area contributed by atoms with Crippen molar-refractivity contribution in [2.24, 2.45) is 0 Å². The summed E-state index contributed by atoms with van der Waals surface area (Å²) in [5.41, 5.74) is 0. The monoisotopic (exact) mass is 302 g/mol. The second kappa shape index (κ2) is 6.02. The lowest BCUT2D eigenvalue weighted by atomic mass is 10.1. The molecule has 1 saturated heterocycles. The lowest BCUT2D eigenvalue weighted by Gasteiger charge is -2.31. The molecule has 1 aromatic rings. The van der Waals surface area contributed by atoms with Crippen LogP contribution in [0.1, 0.15) is 29.4 Å². The molecular weight excluding hydrogens is 284 g/mol. The van der Waals surface area contributed by atoms with Gasteiger partial charge in [-0.25, -0.2) is 13.1 Å². The molecule has 2 rings (SSSR count). The van der Waals surface area contributed by atoms with E-state index in [9.17, 15) is 13.2 Å². The first kappa shape index (κ1) is 14.5. The predicted molar refractivity (Wildman–Crippen MR) is 75.8 cm³/mol. The lowest BCUT2D eigenvalue weighted by Crippen LogP contribution is -2.46. The number of amides is 1. The van der Waals surface area contributed by atoms with Crippen molar-refractivity contribution in [1.82, 2.24) is 9.62 Å². The highest BCUT2D eigenvalue weighted by Gasteiger charge is 2.26. The quantitative estimate of drug-likeness (QED) is 0.911. The number of likely N-dealkylation sites (tertiary alicyclic amines) is 1. The first-order chi connectivity index (χ1) is 9.02. The standard InChI is InChI=1S/C12H18N2O3S2/c1-2-19(16,17)13-10-5-7-14(8-6-10)12(15)11-4-3-9-18-11/h3-4,9-10,13H,2,5-8H2,1H3. The summed E-state index contributed by atoms with van der Waals surface area (Å²) in [5, 5.41) is 1.88. The van der Waals surface area contributed by atoms with Gasteiger partial charge in [0.2, 0.25) is 10.0 Å². The molecule has 1 aliphatic rings. The van der Waals surface area contributed by atoms with Gasteiger partial charge in [-0.1, -0.05) is 6.07 Å². The minimum atomic E-state index is -3.15. The van der Waals surface area contributed by atoms with Crippen molar-refractivity contribution in [2.75, 3.05) is 18.8 Å². The molecule has 1 fully saturated rings. The van der Waals surface area contributed by atoms with Crippen molar-refractivity contribution in [1.29, 1.82) is 0 Å². The van der Waals surface area contributed by atoms with E-state index in [2.05, 4.69) is 4.72 Å². The zero-order valence-corrected chi connectivity index (χ0v) is 12.5. The summed E-state index contributed by atoms with van der Waals surface area (Å²) in [6.45, 7) is 2.83. The topological polar surface area (TPSA) is 66.5 Å². The van der Waals surface area contributed by atoms with E-state index in [-0.39, 0.29) is 17.7 Å². The number of piperidine rings is 1. The number of thiophene rings is 1. The molecule has 19 heavy (non-hydrogen) atoms. The SMILES string of the molecule is CCS(=O)(=O)NC1CCN(C(=O)c2cccs2)CC1. The molecule has 0 radical (unpaired) electrons. The van der Waals surface area contributed by atoms with Crippen LogP contribution in [0.2, 0.25) is 0 Å². The maximum absolute atomic E-state index is 12.1. The summed E-state index contributed by atoms with van der Waals surface area (Å²) < 4.78 is 25.6. The fourth-order valence-corrected chi connectivity index (χ4v) is 3.69. The normalized spacial score (nSPS) is 17.6. The molecule has 1 aromatic heterocycles. The summed E-state index contributed by atoms with van der Waals surface area (Å²) in [6.07, 6.45) is 1.35. The van der Waals surface area contributed by atoms with Gasteiger partial charge in [-0.3, -0.25) is 4.79 Å². The van der Waals surface area contributed by atoms with Crippen molar-refractivity contribution in [2.45, 2.75) is 25.8 Å². The van der Waals surface area contributed by atoms with Gasteiger partial charge in [0.15, 0.2) is 0 Å². The molecule has 0 aromatic carbocycles. The number of hydrogen-bond acceptors (Lipinski definition) is 4. The Hall–Kier alpha value is -0.920.